The smallest absolute Gasteiger partial charge is 0.436 e. The van der Waals surface area contributed by atoms with Gasteiger partial charge in [0.1, 0.15) is 12.4 Å². The van der Waals surface area contributed by atoms with Crippen molar-refractivity contribution in [1.29, 1.82) is 0 Å². The molecule has 0 radical (unpaired) electrons. The van der Waals surface area contributed by atoms with Gasteiger partial charge in [-0.05, 0) is 30.3 Å². The number of nitrogens with zero attached hydrogens (tertiary/aromatic N) is 2. The minimum atomic E-state index is -0.716. The van der Waals surface area contributed by atoms with Crippen LogP contribution in [0.2, 0.25) is 5.02 Å². The van der Waals surface area contributed by atoms with E-state index in [1.54, 1.807) is 47.3 Å². The van der Waals surface area contributed by atoms with Gasteiger partial charge in [0.2, 0.25) is 5.88 Å². The third-order valence-corrected chi connectivity index (χ3v) is 3.64. The molecule has 1 heterocycles. The van der Waals surface area contributed by atoms with Crippen molar-refractivity contribution in [3.05, 3.63) is 71.4 Å². The molecule has 3 rings (SSSR count). The van der Waals surface area contributed by atoms with Crippen LogP contribution >= 0.6 is 11.6 Å². The first kappa shape index (κ1) is 17.8. The molecule has 0 fully saturated rings. The standard InChI is InChI=1S/C18H16ClN3O4/c1-24-21-18(23)26-16-5-3-2-4-13(16)12-25-17-10-11-22(20-17)15-8-6-14(19)7-9-15/h2-11H,12H2,1H3,(H,21,23). The van der Waals surface area contributed by atoms with Gasteiger partial charge in [-0.3, -0.25) is 4.84 Å². The third kappa shape index (κ3) is 4.53. The Hall–Kier alpha value is -3.03. The van der Waals surface area contributed by atoms with Crippen LogP contribution in [-0.2, 0) is 11.4 Å². The Bertz CT molecular complexity index is 880. The second-order valence-electron chi connectivity index (χ2n) is 5.17. The summed E-state index contributed by atoms with van der Waals surface area (Å²) >= 11 is 5.89. The second kappa shape index (κ2) is 8.37. The van der Waals surface area contributed by atoms with Crippen LogP contribution < -0.4 is 15.0 Å². The number of amides is 1. The number of aromatic nitrogens is 2. The van der Waals surface area contributed by atoms with E-state index in [0.29, 0.717) is 22.2 Å². The van der Waals surface area contributed by atoms with Crippen LogP contribution in [-0.4, -0.2) is 23.0 Å². The van der Waals surface area contributed by atoms with Crippen LogP contribution in [0.4, 0.5) is 4.79 Å². The molecule has 0 spiro atoms. The molecule has 0 unspecified atom stereocenters. The lowest BCUT2D eigenvalue weighted by Crippen LogP contribution is -2.25. The predicted octanol–water partition coefficient (Wildman–Crippen LogP) is 3.75. The number of hydrogen-bond acceptors (Lipinski definition) is 5. The molecule has 134 valence electrons. The van der Waals surface area contributed by atoms with Gasteiger partial charge in [0.15, 0.2) is 0 Å². The van der Waals surface area contributed by atoms with E-state index in [-0.39, 0.29) is 6.61 Å². The van der Waals surface area contributed by atoms with Crippen LogP contribution in [0.3, 0.4) is 0 Å². The monoisotopic (exact) mass is 373 g/mol. The average Bonchev–Trinajstić information content (AvgIpc) is 3.11. The zero-order chi connectivity index (χ0) is 18.4. The van der Waals surface area contributed by atoms with Crippen molar-refractivity contribution >= 4 is 17.7 Å². The highest BCUT2D eigenvalue weighted by atomic mass is 35.5. The molecule has 1 N–H and O–H groups in total. The first-order valence-electron chi connectivity index (χ1n) is 7.69. The molecular weight excluding hydrogens is 358 g/mol. The van der Waals surface area contributed by atoms with Crippen LogP contribution in [0.5, 0.6) is 11.6 Å². The molecule has 0 saturated carbocycles. The zero-order valence-corrected chi connectivity index (χ0v) is 14.6. The summed E-state index contributed by atoms with van der Waals surface area (Å²) in [5, 5.41) is 5.02. The van der Waals surface area contributed by atoms with E-state index in [1.165, 1.54) is 7.11 Å². The van der Waals surface area contributed by atoms with Gasteiger partial charge >= 0.3 is 6.09 Å². The summed E-state index contributed by atoms with van der Waals surface area (Å²) in [6.07, 6.45) is 1.07. The van der Waals surface area contributed by atoms with Crippen LogP contribution in [0, 0.1) is 0 Å². The van der Waals surface area contributed by atoms with Gasteiger partial charge in [-0.1, -0.05) is 29.8 Å². The van der Waals surface area contributed by atoms with E-state index < -0.39 is 6.09 Å². The molecule has 0 aliphatic carbocycles. The maximum Gasteiger partial charge on any atom is 0.436 e. The van der Waals surface area contributed by atoms with E-state index in [4.69, 9.17) is 21.1 Å². The van der Waals surface area contributed by atoms with Crippen LogP contribution in [0.25, 0.3) is 5.69 Å². The summed E-state index contributed by atoms with van der Waals surface area (Å²) in [6.45, 7) is 0.189. The van der Waals surface area contributed by atoms with Gasteiger partial charge in [0.05, 0.1) is 12.8 Å². The zero-order valence-electron chi connectivity index (χ0n) is 13.9. The second-order valence-corrected chi connectivity index (χ2v) is 5.60. The molecule has 0 bridgehead atoms. The van der Waals surface area contributed by atoms with Gasteiger partial charge in [-0.25, -0.2) is 9.48 Å². The summed E-state index contributed by atoms with van der Waals surface area (Å²) in [4.78, 5) is 16.0. The molecule has 26 heavy (non-hydrogen) atoms. The lowest BCUT2D eigenvalue weighted by molar-refractivity contribution is 0.0842. The lowest BCUT2D eigenvalue weighted by Gasteiger charge is -2.10. The number of hydrogen-bond donors (Lipinski definition) is 1. The normalized spacial score (nSPS) is 10.4. The van der Waals surface area contributed by atoms with E-state index in [9.17, 15) is 4.79 Å². The average molecular weight is 374 g/mol. The highest BCUT2D eigenvalue weighted by Crippen LogP contribution is 2.21. The summed E-state index contributed by atoms with van der Waals surface area (Å²) < 4.78 is 12.5. The molecule has 2 aromatic carbocycles. The number of ether oxygens (including phenoxy) is 2. The quantitative estimate of drug-likeness (QED) is 0.666. The fourth-order valence-electron chi connectivity index (χ4n) is 2.20. The van der Waals surface area contributed by atoms with Crippen molar-refractivity contribution < 1.29 is 19.1 Å². The van der Waals surface area contributed by atoms with Crippen molar-refractivity contribution in [2.24, 2.45) is 0 Å². The molecule has 1 aromatic heterocycles. The van der Waals surface area contributed by atoms with Crippen LogP contribution in [0.1, 0.15) is 5.56 Å². The molecule has 0 saturated heterocycles. The van der Waals surface area contributed by atoms with Gasteiger partial charge in [-0.2, -0.15) is 5.48 Å². The Morgan fingerprint density at radius 2 is 1.92 bits per heavy atom. The number of benzene rings is 2. The molecule has 0 aliphatic rings. The van der Waals surface area contributed by atoms with E-state index >= 15 is 0 Å². The Kier molecular flexibility index (Phi) is 5.73. The predicted molar refractivity (Wildman–Crippen MR) is 95.5 cm³/mol. The maximum atomic E-state index is 11.5. The number of halogens is 1. The van der Waals surface area contributed by atoms with Gasteiger partial charge in [-0.15, -0.1) is 5.10 Å². The Labute approximate surface area is 155 Å². The SMILES string of the molecule is CONC(=O)Oc1ccccc1COc1ccn(-c2ccc(Cl)cc2)n1. The summed E-state index contributed by atoms with van der Waals surface area (Å²) in [7, 11) is 1.33. The number of para-hydroxylation sites is 1. The van der Waals surface area contributed by atoms with E-state index in [2.05, 4.69) is 15.4 Å². The van der Waals surface area contributed by atoms with Crippen molar-refractivity contribution in [2.75, 3.05) is 7.11 Å². The Morgan fingerprint density at radius 3 is 2.69 bits per heavy atom. The molecule has 3 aromatic rings. The van der Waals surface area contributed by atoms with Crippen molar-refractivity contribution in [3.8, 4) is 17.3 Å². The van der Waals surface area contributed by atoms with Crippen molar-refractivity contribution in [3.63, 3.8) is 0 Å². The number of hydroxylamine groups is 1. The fraction of sp³-hybridized carbons (Fsp3) is 0.111. The third-order valence-electron chi connectivity index (χ3n) is 3.39. The topological polar surface area (TPSA) is 74.6 Å². The summed E-state index contributed by atoms with van der Waals surface area (Å²) in [5.41, 5.74) is 3.65. The molecule has 8 heteroatoms. The lowest BCUT2D eigenvalue weighted by atomic mass is 10.2. The van der Waals surface area contributed by atoms with Gasteiger partial charge < -0.3 is 9.47 Å². The van der Waals surface area contributed by atoms with Gasteiger partial charge in [0.25, 0.3) is 0 Å². The first-order valence-corrected chi connectivity index (χ1v) is 8.06. The van der Waals surface area contributed by atoms with Crippen molar-refractivity contribution in [1.82, 2.24) is 15.3 Å². The first-order chi connectivity index (χ1) is 12.7. The largest absolute Gasteiger partial charge is 0.472 e. The van der Waals surface area contributed by atoms with Crippen LogP contribution in [0.15, 0.2) is 60.8 Å². The molecule has 0 atom stereocenters. The molecular formula is C18H16ClN3O4. The highest BCUT2D eigenvalue weighted by Gasteiger charge is 2.10. The minimum Gasteiger partial charge on any atom is -0.472 e. The number of carbonyl (C=O) groups excluding carboxylic acids is 1. The minimum absolute atomic E-state index is 0.189. The van der Waals surface area contributed by atoms with Crippen molar-refractivity contribution in [2.45, 2.75) is 6.61 Å². The maximum absolute atomic E-state index is 11.5. The summed E-state index contributed by atoms with van der Waals surface area (Å²) in [5.74, 6) is 0.815. The number of carbonyl (C=O) groups is 1. The van der Waals surface area contributed by atoms with E-state index in [0.717, 1.165) is 5.69 Å². The number of rotatable bonds is 6. The Morgan fingerprint density at radius 1 is 1.15 bits per heavy atom. The van der Waals surface area contributed by atoms with E-state index in [1.807, 2.05) is 18.2 Å². The summed E-state index contributed by atoms with van der Waals surface area (Å²) in [6, 6.07) is 16.1. The molecule has 0 aliphatic heterocycles. The number of nitrogens with one attached hydrogen (secondary N) is 1. The Balaban J connectivity index is 1.66. The fourth-order valence-corrected chi connectivity index (χ4v) is 2.33. The molecule has 1 amide bonds. The highest BCUT2D eigenvalue weighted by molar-refractivity contribution is 6.30. The van der Waals surface area contributed by atoms with Gasteiger partial charge in [0, 0.05) is 22.8 Å². The molecule has 7 nitrogen and oxygen atoms in total.